The smallest absolute Gasteiger partial charge is 0.319 e. The molecule has 0 bridgehead atoms. The maximum atomic E-state index is 11.3. The fourth-order valence-corrected chi connectivity index (χ4v) is 1.18. The molecule has 1 unspecified atom stereocenters. The van der Waals surface area contributed by atoms with Crippen LogP contribution in [0.3, 0.4) is 0 Å². The molecule has 88 valence electrons. The van der Waals surface area contributed by atoms with Crippen LogP contribution in [0.15, 0.2) is 0 Å². The van der Waals surface area contributed by atoms with Crippen molar-refractivity contribution in [3.8, 4) is 0 Å². The highest BCUT2D eigenvalue weighted by molar-refractivity contribution is 5.73. The zero-order valence-electron chi connectivity index (χ0n) is 9.78. The van der Waals surface area contributed by atoms with Gasteiger partial charge in [0.2, 0.25) is 0 Å². The van der Waals surface area contributed by atoms with Crippen LogP contribution >= 0.6 is 0 Å². The monoisotopic (exact) mass is 217 g/mol. The zero-order valence-corrected chi connectivity index (χ0v) is 9.78. The first kappa shape index (κ1) is 13.9. The van der Waals surface area contributed by atoms with E-state index in [1.54, 1.807) is 25.8 Å². The minimum absolute atomic E-state index is 0.181. The predicted molar refractivity (Wildman–Crippen MR) is 55.3 cm³/mol. The van der Waals surface area contributed by atoms with Crippen molar-refractivity contribution in [1.82, 2.24) is 4.90 Å². The van der Waals surface area contributed by atoms with Gasteiger partial charge in [0.05, 0.1) is 26.2 Å². The Morgan fingerprint density at radius 2 is 2.00 bits per heavy atom. The van der Waals surface area contributed by atoms with Gasteiger partial charge in [-0.05, 0) is 14.0 Å². The summed E-state index contributed by atoms with van der Waals surface area (Å²) in [7, 11) is 3.09. The fraction of sp³-hybridized carbons (Fsp3) is 0.800. The van der Waals surface area contributed by atoms with E-state index in [9.17, 15) is 9.59 Å². The number of nitrogens with zero attached hydrogens (tertiary/aromatic N) is 1. The number of hydrogen-bond donors (Lipinski definition) is 0. The molecule has 0 spiro atoms. The highest BCUT2D eigenvalue weighted by Crippen LogP contribution is 2.01. The first-order valence-corrected chi connectivity index (χ1v) is 4.93. The molecular formula is C10H19NO4. The van der Waals surface area contributed by atoms with Crippen LogP contribution in [0.1, 0.15) is 13.8 Å². The minimum Gasteiger partial charge on any atom is -0.468 e. The largest absolute Gasteiger partial charge is 0.468 e. The van der Waals surface area contributed by atoms with Crippen molar-refractivity contribution in [2.24, 2.45) is 5.92 Å². The summed E-state index contributed by atoms with van der Waals surface area (Å²) in [6, 6.07) is 0. The van der Waals surface area contributed by atoms with E-state index in [1.807, 2.05) is 0 Å². The molecule has 15 heavy (non-hydrogen) atoms. The number of carbonyl (C=O) groups excluding carboxylic acids is 2. The van der Waals surface area contributed by atoms with Crippen molar-refractivity contribution in [1.29, 1.82) is 0 Å². The summed E-state index contributed by atoms with van der Waals surface area (Å²) in [5.74, 6) is -0.789. The molecule has 0 saturated heterocycles. The van der Waals surface area contributed by atoms with Gasteiger partial charge in [0.1, 0.15) is 0 Å². The maximum absolute atomic E-state index is 11.3. The third kappa shape index (κ3) is 6.06. The molecule has 0 radical (unpaired) electrons. The Hall–Kier alpha value is -1.10. The van der Waals surface area contributed by atoms with Crippen LogP contribution in [0.4, 0.5) is 0 Å². The Morgan fingerprint density at radius 1 is 1.40 bits per heavy atom. The van der Waals surface area contributed by atoms with E-state index in [-0.39, 0.29) is 24.4 Å². The quantitative estimate of drug-likeness (QED) is 0.598. The Balaban J connectivity index is 3.89. The van der Waals surface area contributed by atoms with Crippen LogP contribution in [-0.2, 0) is 19.1 Å². The predicted octanol–water partition coefficient (Wildman–Crippen LogP) is 0.290. The summed E-state index contributed by atoms with van der Waals surface area (Å²) in [4.78, 5) is 23.9. The van der Waals surface area contributed by atoms with E-state index in [0.717, 1.165) is 0 Å². The van der Waals surface area contributed by atoms with E-state index < -0.39 is 0 Å². The minimum atomic E-state index is -0.312. The molecule has 1 atom stereocenters. The normalized spacial score (nSPS) is 12.3. The van der Waals surface area contributed by atoms with Gasteiger partial charge < -0.3 is 9.47 Å². The average molecular weight is 217 g/mol. The molecule has 0 heterocycles. The number of carbonyl (C=O) groups is 2. The molecule has 5 nitrogen and oxygen atoms in total. The summed E-state index contributed by atoms with van der Waals surface area (Å²) < 4.78 is 9.37. The molecule has 0 aliphatic heterocycles. The Labute approximate surface area is 90.3 Å². The van der Waals surface area contributed by atoms with Crippen molar-refractivity contribution >= 4 is 11.9 Å². The molecule has 0 rings (SSSR count). The molecule has 5 heteroatoms. The Kier molecular flexibility index (Phi) is 6.70. The van der Waals surface area contributed by atoms with Gasteiger partial charge in [-0.25, -0.2) is 0 Å². The molecule has 0 aliphatic carbocycles. The van der Waals surface area contributed by atoms with Crippen LogP contribution in [-0.4, -0.2) is 50.7 Å². The molecule has 0 aromatic heterocycles. The standard InChI is InChI=1S/C10H19NO4/c1-5-15-10(13)8(2)6-11(3)7-9(12)14-4/h8H,5-7H2,1-4H3. The molecule has 0 aliphatic rings. The molecule has 0 N–H and O–H groups in total. The van der Waals surface area contributed by atoms with Crippen molar-refractivity contribution in [3.63, 3.8) is 0 Å². The number of hydrogen-bond acceptors (Lipinski definition) is 5. The summed E-state index contributed by atoms with van der Waals surface area (Å²) in [6.07, 6.45) is 0. The van der Waals surface area contributed by atoms with E-state index in [4.69, 9.17) is 4.74 Å². The lowest BCUT2D eigenvalue weighted by atomic mass is 10.2. The molecular weight excluding hydrogens is 198 g/mol. The first-order valence-electron chi connectivity index (χ1n) is 4.93. The summed E-state index contributed by atoms with van der Waals surface area (Å²) >= 11 is 0. The van der Waals surface area contributed by atoms with Gasteiger partial charge in [-0.3, -0.25) is 14.5 Å². The number of ether oxygens (including phenoxy) is 2. The summed E-state index contributed by atoms with van der Waals surface area (Å²) in [6.45, 7) is 4.58. The van der Waals surface area contributed by atoms with Crippen LogP contribution in [0.25, 0.3) is 0 Å². The van der Waals surface area contributed by atoms with Gasteiger partial charge in [-0.1, -0.05) is 6.92 Å². The molecule has 0 saturated carbocycles. The first-order chi connectivity index (χ1) is 7.01. The lowest BCUT2D eigenvalue weighted by molar-refractivity contribution is -0.149. The molecule has 0 aromatic rings. The second-order valence-electron chi connectivity index (χ2n) is 3.43. The Bertz CT molecular complexity index is 217. The second-order valence-corrected chi connectivity index (χ2v) is 3.43. The van der Waals surface area contributed by atoms with E-state index in [0.29, 0.717) is 13.2 Å². The number of methoxy groups -OCH3 is 1. The zero-order chi connectivity index (χ0) is 11.8. The van der Waals surface area contributed by atoms with Crippen molar-refractivity contribution in [2.75, 3.05) is 33.9 Å². The molecule has 0 aromatic carbocycles. The third-order valence-corrected chi connectivity index (χ3v) is 1.90. The van der Waals surface area contributed by atoms with Crippen molar-refractivity contribution < 1.29 is 19.1 Å². The van der Waals surface area contributed by atoms with Crippen LogP contribution in [0.2, 0.25) is 0 Å². The average Bonchev–Trinajstić information content (AvgIpc) is 2.17. The highest BCUT2D eigenvalue weighted by Gasteiger charge is 2.17. The van der Waals surface area contributed by atoms with Crippen LogP contribution in [0, 0.1) is 5.92 Å². The van der Waals surface area contributed by atoms with Gasteiger partial charge in [0.15, 0.2) is 0 Å². The third-order valence-electron chi connectivity index (χ3n) is 1.90. The van der Waals surface area contributed by atoms with Gasteiger partial charge in [0, 0.05) is 6.54 Å². The topological polar surface area (TPSA) is 55.8 Å². The molecule has 0 fully saturated rings. The fourth-order valence-electron chi connectivity index (χ4n) is 1.18. The summed E-state index contributed by atoms with van der Waals surface area (Å²) in [5.41, 5.74) is 0. The van der Waals surface area contributed by atoms with Crippen molar-refractivity contribution in [2.45, 2.75) is 13.8 Å². The Morgan fingerprint density at radius 3 is 2.47 bits per heavy atom. The van der Waals surface area contributed by atoms with E-state index in [1.165, 1.54) is 7.11 Å². The van der Waals surface area contributed by atoms with Gasteiger partial charge in [0.25, 0.3) is 0 Å². The second kappa shape index (κ2) is 7.23. The van der Waals surface area contributed by atoms with Crippen LogP contribution in [0.5, 0.6) is 0 Å². The summed E-state index contributed by atoms with van der Waals surface area (Å²) in [5, 5.41) is 0. The molecule has 0 amide bonds. The van der Waals surface area contributed by atoms with Gasteiger partial charge >= 0.3 is 11.9 Å². The van der Waals surface area contributed by atoms with Crippen molar-refractivity contribution in [3.05, 3.63) is 0 Å². The lowest BCUT2D eigenvalue weighted by Gasteiger charge is -2.18. The number of rotatable bonds is 6. The van der Waals surface area contributed by atoms with Gasteiger partial charge in [-0.15, -0.1) is 0 Å². The number of esters is 2. The number of likely N-dealkylation sites (N-methyl/N-ethyl adjacent to an activating group) is 1. The highest BCUT2D eigenvalue weighted by atomic mass is 16.5. The van der Waals surface area contributed by atoms with E-state index in [2.05, 4.69) is 4.74 Å². The SMILES string of the molecule is CCOC(=O)C(C)CN(C)CC(=O)OC. The lowest BCUT2D eigenvalue weighted by Crippen LogP contribution is -2.33. The maximum Gasteiger partial charge on any atom is 0.319 e. The van der Waals surface area contributed by atoms with Gasteiger partial charge in [-0.2, -0.15) is 0 Å². The van der Waals surface area contributed by atoms with Crippen LogP contribution < -0.4 is 0 Å². The van der Waals surface area contributed by atoms with E-state index >= 15 is 0 Å².